The molecule has 2 atom stereocenters. The fourth-order valence-corrected chi connectivity index (χ4v) is 5.67. The van der Waals surface area contributed by atoms with Crippen LogP contribution in [0.1, 0.15) is 74.0 Å². The number of hydrogen-bond acceptors (Lipinski definition) is 4. The lowest BCUT2D eigenvalue weighted by Gasteiger charge is -2.43. The van der Waals surface area contributed by atoms with Crippen LogP contribution in [-0.4, -0.2) is 46.0 Å². The normalized spacial score (nSPS) is 15.6. The number of fused-ring (bicyclic) bond motifs is 1. The Hall–Kier alpha value is -1.62. The Balaban J connectivity index is 2.58. The molecule has 8 heteroatoms. The number of hydrogen-bond donors (Lipinski definition) is 2. The van der Waals surface area contributed by atoms with Gasteiger partial charge in [-0.3, -0.25) is 0 Å². The average Bonchev–Trinajstić information content (AvgIpc) is 3.10. The number of nitrogens with one attached hydrogen (secondary N) is 2. The highest BCUT2D eigenvalue weighted by Crippen LogP contribution is 2.42. The molecule has 0 aliphatic carbocycles. The molecule has 6 nitrogen and oxygen atoms in total. The van der Waals surface area contributed by atoms with Crippen LogP contribution >= 0.6 is 0 Å². The van der Waals surface area contributed by atoms with E-state index in [0.29, 0.717) is 6.61 Å². The minimum atomic E-state index is -2.23. The summed E-state index contributed by atoms with van der Waals surface area (Å²) in [6.45, 7) is 28.3. The van der Waals surface area contributed by atoms with Crippen molar-refractivity contribution in [3.05, 3.63) is 36.0 Å². The maximum absolute atomic E-state index is 13.1. The van der Waals surface area contributed by atoms with Crippen molar-refractivity contribution >= 4 is 33.6 Å². The summed E-state index contributed by atoms with van der Waals surface area (Å²) in [7, 11) is -4.32. The predicted octanol–water partition coefficient (Wildman–Crippen LogP) is 8.15. The van der Waals surface area contributed by atoms with Crippen LogP contribution in [-0.2, 0) is 13.6 Å². The van der Waals surface area contributed by atoms with E-state index in [2.05, 4.69) is 90.2 Å². The fraction of sp³-hybridized carbons (Fsp3) is 0.679. The van der Waals surface area contributed by atoms with E-state index in [1.807, 2.05) is 39.1 Å². The highest BCUT2D eigenvalue weighted by Gasteiger charge is 2.44. The van der Waals surface area contributed by atoms with Gasteiger partial charge in [-0.05, 0) is 63.1 Å². The molecule has 0 spiro atoms. The quantitative estimate of drug-likeness (QED) is 0.335. The molecule has 0 fully saturated rings. The van der Waals surface area contributed by atoms with Gasteiger partial charge in [-0.2, -0.15) is 0 Å². The van der Waals surface area contributed by atoms with Crippen molar-refractivity contribution < 1.29 is 18.4 Å². The molecule has 0 aliphatic rings. The summed E-state index contributed by atoms with van der Waals surface area (Å²) in [6, 6.07) is 7.78. The summed E-state index contributed by atoms with van der Waals surface area (Å²) in [5.74, 6) is 0. The minimum Gasteiger partial charge on any atom is -0.444 e. The van der Waals surface area contributed by atoms with Gasteiger partial charge in [-0.1, -0.05) is 59.7 Å². The SMILES string of the molecule is CC(C)(C)OC(=O)N[C@H](CO[Si](C)(C)C(C)(C)C)[C@H](O[Si](C)(C)C(C)(C)C)c1c[nH]c2ccccc12. The number of ether oxygens (including phenoxy) is 1. The average molecular weight is 535 g/mol. The standard InChI is InChI=1S/C28H50N2O4Si2/c1-26(2,3)33-25(31)30-23(19-32-35(10,11)27(4,5)6)24(34-36(12,13)28(7,8)9)21-18-29-22-17-15-14-16-20(21)22/h14-18,23-24,29H,19H2,1-13H3,(H,30,31)/t23-,24-/m1/s1. The number of rotatable bonds is 8. The Morgan fingerprint density at radius 1 is 0.917 bits per heavy atom. The Morgan fingerprint density at radius 2 is 1.47 bits per heavy atom. The molecule has 0 saturated carbocycles. The van der Waals surface area contributed by atoms with E-state index in [4.69, 9.17) is 13.6 Å². The third-order valence-corrected chi connectivity index (χ3v) is 16.6. The molecule has 2 aromatic rings. The smallest absolute Gasteiger partial charge is 0.408 e. The van der Waals surface area contributed by atoms with Crippen molar-refractivity contribution in [3.63, 3.8) is 0 Å². The molecule has 0 bridgehead atoms. The zero-order valence-electron chi connectivity index (χ0n) is 24.9. The van der Waals surface area contributed by atoms with Gasteiger partial charge < -0.3 is 23.9 Å². The first-order chi connectivity index (χ1) is 16.1. The first-order valence-corrected chi connectivity index (χ1v) is 18.8. The van der Waals surface area contributed by atoms with Crippen LogP contribution in [0.3, 0.4) is 0 Å². The monoisotopic (exact) mass is 534 g/mol. The third kappa shape index (κ3) is 7.69. The van der Waals surface area contributed by atoms with Gasteiger partial charge >= 0.3 is 6.09 Å². The zero-order valence-corrected chi connectivity index (χ0v) is 26.9. The number of carbonyl (C=O) groups is 1. The number of para-hydroxylation sites is 1. The van der Waals surface area contributed by atoms with Gasteiger partial charge in [0.2, 0.25) is 0 Å². The second-order valence-electron chi connectivity index (χ2n) is 13.9. The molecule has 36 heavy (non-hydrogen) atoms. The van der Waals surface area contributed by atoms with Crippen molar-refractivity contribution in [3.8, 4) is 0 Å². The Labute approximate surface area is 221 Å². The number of alkyl carbamates (subject to hydrolysis) is 1. The first kappa shape index (κ1) is 30.6. The van der Waals surface area contributed by atoms with Crippen molar-refractivity contribution in [2.24, 2.45) is 0 Å². The van der Waals surface area contributed by atoms with E-state index in [0.717, 1.165) is 16.5 Å². The fourth-order valence-electron chi connectivity index (χ4n) is 3.36. The Morgan fingerprint density at radius 3 is 2.00 bits per heavy atom. The van der Waals surface area contributed by atoms with E-state index < -0.39 is 40.5 Å². The molecule has 204 valence electrons. The van der Waals surface area contributed by atoms with E-state index in [9.17, 15) is 4.79 Å². The van der Waals surface area contributed by atoms with Gasteiger partial charge in [0.15, 0.2) is 16.6 Å². The van der Waals surface area contributed by atoms with Crippen molar-refractivity contribution in [1.82, 2.24) is 10.3 Å². The lowest BCUT2D eigenvalue weighted by molar-refractivity contribution is 0.0377. The van der Waals surface area contributed by atoms with Crippen LogP contribution in [0.2, 0.25) is 36.3 Å². The summed E-state index contributed by atoms with van der Waals surface area (Å²) in [5, 5.41) is 4.27. The van der Waals surface area contributed by atoms with E-state index in [1.165, 1.54) is 0 Å². The van der Waals surface area contributed by atoms with Crippen molar-refractivity contribution in [2.45, 2.75) is 116 Å². The number of H-pyrrole nitrogens is 1. The van der Waals surface area contributed by atoms with Gasteiger partial charge in [0.1, 0.15) is 5.60 Å². The number of aromatic amines is 1. The van der Waals surface area contributed by atoms with E-state index in [-0.39, 0.29) is 10.1 Å². The highest BCUT2D eigenvalue weighted by molar-refractivity contribution is 6.74. The maximum atomic E-state index is 13.1. The second kappa shape index (κ2) is 10.6. The number of amides is 1. The van der Waals surface area contributed by atoms with Crippen LogP contribution in [0, 0.1) is 0 Å². The third-order valence-electron chi connectivity index (χ3n) is 7.65. The van der Waals surface area contributed by atoms with Gasteiger partial charge in [-0.15, -0.1) is 0 Å². The van der Waals surface area contributed by atoms with Crippen molar-refractivity contribution in [1.29, 1.82) is 0 Å². The molecule has 0 saturated heterocycles. The molecule has 2 N–H and O–H groups in total. The lowest BCUT2D eigenvalue weighted by Crippen LogP contribution is -2.52. The topological polar surface area (TPSA) is 72.6 Å². The van der Waals surface area contributed by atoms with Crippen molar-refractivity contribution in [2.75, 3.05) is 6.61 Å². The molecule has 2 rings (SSSR count). The second-order valence-corrected chi connectivity index (χ2v) is 23.5. The summed E-state index contributed by atoms with van der Waals surface area (Å²) in [6.07, 6.45) is 1.15. The van der Waals surface area contributed by atoms with Crippen LogP contribution in [0.4, 0.5) is 4.79 Å². The first-order valence-electron chi connectivity index (χ1n) is 13.0. The molecule has 0 aliphatic heterocycles. The molecule has 1 amide bonds. The summed E-state index contributed by atoms with van der Waals surface area (Å²) < 4.78 is 19.4. The van der Waals surface area contributed by atoms with Gasteiger partial charge in [-0.25, -0.2) is 4.79 Å². The lowest BCUT2D eigenvalue weighted by atomic mass is 10.0. The van der Waals surface area contributed by atoms with Crippen LogP contribution in [0.25, 0.3) is 10.9 Å². The van der Waals surface area contributed by atoms with E-state index in [1.54, 1.807) is 0 Å². The molecular weight excluding hydrogens is 484 g/mol. The molecular formula is C28H50N2O4Si2. The van der Waals surface area contributed by atoms with E-state index >= 15 is 0 Å². The largest absolute Gasteiger partial charge is 0.444 e. The summed E-state index contributed by atoms with van der Waals surface area (Å²) in [4.78, 5) is 16.5. The number of benzene rings is 1. The van der Waals surface area contributed by atoms with Gasteiger partial charge in [0, 0.05) is 22.7 Å². The number of aromatic nitrogens is 1. The minimum absolute atomic E-state index is 0.00584. The predicted molar refractivity (Wildman–Crippen MR) is 156 cm³/mol. The Bertz CT molecular complexity index is 1030. The molecule has 0 radical (unpaired) electrons. The molecule has 1 aromatic heterocycles. The van der Waals surface area contributed by atoms with Gasteiger partial charge in [0.25, 0.3) is 0 Å². The molecule has 1 aromatic carbocycles. The van der Waals surface area contributed by atoms with Crippen LogP contribution in [0.5, 0.6) is 0 Å². The Kier molecular flexibility index (Phi) is 9.04. The summed E-state index contributed by atoms with van der Waals surface area (Å²) >= 11 is 0. The van der Waals surface area contributed by atoms with Gasteiger partial charge in [0.05, 0.1) is 18.8 Å². The highest BCUT2D eigenvalue weighted by atomic mass is 28.4. The van der Waals surface area contributed by atoms with Crippen LogP contribution in [0.15, 0.2) is 30.5 Å². The van der Waals surface area contributed by atoms with Crippen LogP contribution < -0.4 is 5.32 Å². The zero-order chi connectivity index (χ0) is 27.7. The number of carbonyl (C=O) groups excluding carboxylic acids is 1. The molecule has 0 unspecified atom stereocenters. The summed E-state index contributed by atoms with van der Waals surface area (Å²) in [5.41, 5.74) is 1.46. The maximum Gasteiger partial charge on any atom is 0.408 e. The molecule has 1 heterocycles.